The van der Waals surface area contributed by atoms with Crippen molar-refractivity contribution in [1.29, 1.82) is 0 Å². The van der Waals surface area contributed by atoms with Crippen LogP contribution in [0.1, 0.15) is 17.3 Å². The first kappa shape index (κ1) is 13.0. The first-order chi connectivity index (χ1) is 8.72. The smallest absolute Gasteiger partial charge is 0.259 e. The molecule has 0 radical (unpaired) electrons. The fourth-order valence-corrected chi connectivity index (χ4v) is 2.68. The Labute approximate surface area is 114 Å². The van der Waals surface area contributed by atoms with Crippen LogP contribution in [-0.2, 0) is 0 Å². The van der Waals surface area contributed by atoms with E-state index in [4.69, 9.17) is 0 Å². The average molecular weight is 279 g/mol. The summed E-state index contributed by atoms with van der Waals surface area (Å²) < 4.78 is 0. The summed E-state index contributed by atoms with van der Waals surface area (Å²) in [5, 5.41) is 3.42. The fourth-order valence-electron chi connectivity index (χ4n) is 1.43. The number of nitrogens with zero attached hydrogens (tertiary/aromatic N) is 3. The highest BCUT2D eigenvalue weighted by Crippen LogP contribution is 2.20. The molecule has 1 amide bonds. The van der Waals surface area contributed by atoms with Gasteiger partial charge in [0.1, 0.15) is 0 Å². The first-order valence-corrected chi connectivity index (χ1v) is 7.35. The van der Waals surface area contributed by atoms with Crippen LogP contribution < -0.4 is 4.90 Å². The zero-order valence-electron chi connectivity index (χ0n) is 10.2. The van der Waals surface area contributed by atoms with E-state index in [1.807, 2.05) is 11.4 Å². The average Bonchev–Trinajstić information content (AvgIpc) is 2.91. The van der Waals surface area contributed by atoms with E-state index in [1.54, 1.807) is 42.2 Å². The van der Waals surface area contributed by atoms with E-state index in [0.29, 0.717) is 10.7 Å². The summed E-state index contributed by atoms with van der Waals surface area (Å²) in [6, 6.07) is 3.55. The maximum absolute atomic E-state index is 12.3. The molecule has 0 aliphatic heterocycles. The van der Waals surface area contributed by atoms with Crippen LogP contribution in [0.5, 0.6) is 0 Å². The number of carbonyl (C=O) groups is 1. The number of thioether (sulfide) groups is 1. The van der Waals surface area contributed by atoms with E-state index >= 15 is 0 Å². The number of rotatable bonds is 4. The molecule has 4 nitrogen and oxygen atoms in total. The normalized spacial score (nSPS) is 10.3. The zero-order chi connectivity index (χ0) is 13.0. The van der Waals surface area contributed by atoms with Crippen molar-refractivity contribution in [1.82, 2.24) is 9.97 Å². The van der Waals surface area contributed by atoms with Crippen molar-refractivity contribution < 1.29 is 4.79 Å². The molecule has 2 aromatic heterocycles. The summed E-state index contributed by atoms with van der Waals surface area (Å²) in [6.07, 6.45) is 3.36. The van der Waals surface area contributed by atoms with Crippen LogP contribution in [-0.4, -0.2) is 28.7 Å². The molecule has 0 N–H and O–H groups in total. The minimum atomic E-state index is -0.0645. The molecule has 0 aromatic carbocycles. The second kappa shape index (κ2) is 5.97. The molecular formula is C12H13N3OS2. The number of aromatic nitrogens is 2. The van der Waals surface area contributed by atoms with Gasteiger partial charge in [-0.05, 0) is 17.9 Å². The highest BCUT2D eigenvalue weighted by molar-refractivity contribution is 7.99. The Morgan fingerprint density at radius 2 is 2.28 bits per heavy atom. The molecule has 2 rings (SSSR count). The Balaban J connectivity index is 2.20. The predicted octanol–water partition coefficient (Wildman–Crippen LogP) is 2.93. The van der Waals surface area contributed by atoms with Crippen LogP contribution in [0.3, 0.4) is 0 Å². The second-order valence-corrected chi connectivity index (χ2v) is 5.65. The van der Waals surface area contributed by atoms with Crippen molar-refractivity contribution in [3.63, 3.8) is 0 Å². The Bertz CT molecular complexity index is 528. The highest BCUT2D eigenvalue weighted by atomic mass is 32.2. The number of hydrogen-bond donors (Lipinski definition) is 0. The molecule has 0 bridgehead atoms. The second-order valence-electron chi connectivity index (χ2n) is 3.49. The third-order valence-corrected chi connectivity index (χ3v) is 3.94. The minimum absolute atomic E-state index is 0.0645. The standard InChI is InChI=1S/C12H13N3OS2/c1-3-17-10-8-9(4-5-13-10)11(16)15(2)12-14-6-7-18-12/h4-8H,3H2,1-2H3. The third kappa shape index (κ3) is 2.88. The van der Waals surface area contributed by atoms with E-state index < -0.39 is 0 Å². The molecule has 94 valence electrons. The fraction of sp³-hybridized carbons (Fsp3) is 0.250. The van der Waals surface area contributed by atoms with Crippen LogP contribution in [0.4, 0.5) is 5.13 Å². The molecule has 0 atom stereocenters. The third-order valence-electron chi connectivity index (χ3n) is 2.28. The van der Waals surface area contributed by atoms with Crippen LogP contribution in [0.2, 0.25) is 0 Å². The van der Waals surface area contributed by atoms with Crippen LogP contribution in [0, 0.1) is 0 Å². The maximum atomic E-state index is 12.3. The van der Waals surface area contributed by atoms with Crippen molar-refractivity contribution in [3.8, 4) is 0 Å². The lowest BCUT2D eigenvalue weighted by molar-refractivity contribution is 0.0992. The van der Waals surface area contributed by atoms with Gasteiger partial charge in [0.15, 0.2) is 5.13 Å². The largest absolute Gasteiger partial charge is 0.287 e. The van der Waals surface area contributed by atoms with Crippen molar-refractivity contribution in [2.45, 2.75) is 11.9 Å². The van der Waals surface area contributed by atoms with Gasteiger partial charge >= 0.3 is 0 Å². The molecule has 2 aromatic rings. The van der Waals surface area contributed by atoms with Gasteiger partial charge in [0.05, 0.1) is 5.03 Å². The molecule has 0 spiro atoms. The molecule has 0 aliphatic rings. The van der Waals surface area contributed by atoms with E-state index in [9.17, 15) is 4.79 Å². The van der Waals surface area contributed by atoms with Crippen LogP contribution in [0.25, 0.3) is 0 Å². The number of hydrogen-bond acceptors (Lipinski definition) is 5. The lowest BCUT2D eigenvalue weighted by Gasteiger charge is -2.13. The highest BCUT2D eigenvalue weighted by Gasteiger charge is 2.15. The number of amides is 1. The van der Waals surface area contributed by atoms with Gasteiger partial charge in [-0.15, -0.1) is 23.1 Å². The maximum Gasteiger partial charge on any atom is 0.259 e. The lowest BCUT2D eigenvalue weighted by Crippen LogP contribution is -2.26. The summed E-state index contributed by atoms with van der Waals surface area (Å²) >= 11 is 3.06. The topological polar surface area (TPSA) is 46.1 Å². The Hall–Kier alpha value is -1.40. The number of carbonyl (C=O) groups excluding carboxylic acids is 1. The minimum Gasteiger partial charge on any atom is -0.287 e. The molecule has 18 heavy (non-hydrogen) atoms. The Kier molecular flexibility index (Phi) is 4.33. The SMILES string of the molecule is CCSc1cc(C(=O)N(C)c2nccs2)ccn1. The van der Waals surface area contributed by atoms with Gasteiger partial charge in [0, 0.05) is 30.4 Å². The molecule has 0 saturated heterocycles. The van der Waals surface area contributed by atoms with Crippen molar-refractivity contribution in [2.24, 2.45) is 0 Å². The molecular weight excluding hydrogens is 266 g/mol. The quantitative estimate of drug-likeness (QED) is 0.807. The first-order valence-electron chi connectivity index (χ1n) is 5.48. The van der Waals surface area contributed by atoms with Gasteiger partial charge < -0.3 is 0 Å². The van der Waals surface area contributed by atoms with Gasteiger partial charge in [0.2, 0.25) is 0 Å². The van der Waals surface area contributed by atoms with Crippen molar-refractivity contribution in [2.75, 3.05) is 17.7 Å². The Morgan fingerprint density at radius 1 is 1.44 bits per heavy atom. The predicted molar refractivity (Wildman–Crippen MR) is 75.5 cm³/mol. The molecule has 6 heteroatoms. The summed E-state index contributed by atoms with van der Waals surface area (Å²) in [4.78, 5) is 22.1. The molecule has 2 heterocycles. The molecule has 0 fully saturated rings. The summed E-state index contributed by atoms with van der Waals surface area (Å²) in [6.45, 7) is 2.06. The van der Waals surface area contributed by atoms with E-state index in [-0.39, 0.29) is 5.91 Å². The lowest BCUT2D eigenvalue weighted by atomic mass is 10.2. The summed E-state index contributed by atoms with van der Waals surface area (Å²) in [5.41, 5.74) is 0.638. The molecule has 0 saturated carbocycles. The number of pyridine rings is 1. The van der Waals surface area contributed by atoms with Gasteiger partial charge in [0.25, 0.3) is 5.91 Å². The van der Waals surface area contributed by atoms with E-state index in [1.165, 1.54) is 11.3 Å². The van der Waals surface area contributed by atoms with Gasteiger partial charge in [-0.1, -0.05) is 6.92 Å². The zero-order valence-corrected chi connectivity index (χ0v) is 11.8. The van der Waals surface area contributed by atoms with Crippen molar-refractivity contribution >= 4 is 34.1 Å². The number of anilines is 1. The van der Waals surface area contributed by atoms with Crippen LogP contribution >= 0.6 is 23.1 Å². The van der Waals surface area contributed by atoms with Gasteiger partial charge in [-0.25, -0.2) is 9.97 Å². The number of thiazole rings is 1. The molecule has 0 unspecified atom stereocenters. The van der Waals surface area contributed by atoms with E-state index in [0.717, 1.165) is 10.8 Å². The van der Waals surface area contributed by atoms with E-state index in [2.05, 4.69) is 16.9 Å². The monoisotopic (exact) mass is 279 g/mol. The van der Waals surface area contributed by atoms with Crippen LogP contribution in [0.15, 0.2) is 34.9 Å². The molecule has 0 aliphatic carbocycles. The Morgan fingerprint density at radius 3 is 2.94 bits per heavy atom. The summed E-state index contributed by atoms with van der Waals surface area (Å²) in [5.74, 6) is 0.873. The van der Waals surface area contributed by atoms with Gasteiger partial charge in [-0.2, -0.15) is 0 Å². The van der Waals surface area contributed by atoms with Crippen molar-refractivity contribution in [3.05, 3.63) is 35.5 Å². The van der Waals surface area contributed by atoms with Gasteiger partial charge in [-0.3, -0.25) is 9.69 Å². The summed E-state index contributed by atoms with van der Waals surface area (Å²) in [7, 11) is 1.73.